The Morgan fingerprint density at radius 2 is 1.91 bits per heavy atom. The van der Waals surface area contributed by atoms with Gasteiger partial charge >= 0.3 is 0 Å². The van der Waals surface area contributed by atoms with E-state index in [9.17, 15) is 10.1 Å². The Morgan fingerprint density at radius 3 is 2.50 bits per heavy atom. The fraction of sp³-hybridized carbons (Fsp3) is 0.294. The lowest BCUT2D eigenvalue weighted by molar-refractivity contribution is -0.384. The zero-order valence-corrected chi connectivity index (χ0v) is 12.4. The van der Waals surface area contributed by atoms with E-state index in [4.69, 9.17) is 4.74 Å². The summed E-state index contributed by atoms with van der Waals surface area (Å²) in [5.74, 6) is 0. The van der Waals surface area contributed by atoms with Gasteiger partial charge in [0.15, 0.2) is 0 Å². The molecule has 2 aromatic rings. The molecule has 3 rings (SSSR count). The summed E-state index contributed by atoms with van der Waals surface area (Å²) in [6.07, 6.45) is 0.696. The lowest BCUT2D eigenvalue weighted by atomic mass is 10.0. The summed E-state index contributed by atoms with van der Waals surface area (Å²) >= 11 is 0. The summed E-state index contributed by atoms with van der Waals surface area (Å²) in [7, 11) is 0. The highest BCUT2D eigenvalue weighted by molar-refractivity contribution is 5.34. The van der Waals surface area contributed by atoms with Crippen LogP contribution in [0.25, 0.3) is 0 Å². The Morgan fingerprint density at radius 1 is 1.23 bits per heavy atom. The highest BCUT2D eigenvalue weighted by Gasteiger charge is 2.40. The summed E-state index contributed by atoms with van der Waals surface area (Å²) in [6, 6.07) is 16.6. The van der Waals surface area contributed by atoms with Gasteiger partial charge in [0.2, 0.25) is 0 Å². The minimum atomic E-state index is -0.492. The monoisotopic (exact) mass is 298 g/mol. The van der Waals surface area contributed by atoms with Gasteiger partial charge < -0.3 is 4.74 Å². The van der Waals surface area contributed by atoms with Crippen LogP contribution in [0.1, 0.15) is 30.6 Å². The first-order chi connectivity index (χ1) is 10.6. The minimum absolute atomic E-state index is 0.0968. The topological polar surface area (TPSA) is 64.4 Å². The van der Waals surface area contributed by atoms with E-state index in [1.807, 2.05) is 18.2 Å². The van der Waals surface area contributed by atoms with Crippen LogP contribution in [0.15, 0.2) is 54.6 Å². The first kappa shape index (κ1) is 14.7. The molecule has 1 fully saturated rings. The molecule has 0 spiro atoms. The molecular weight excluding hydrogens is 280 g/mol. The molecule has 0 aromatic heterocycles. The third kappa shape index (κ3) is 2.61. The van der Waals surface area contributed by atoms with Gasteiger partial charge in [0.25, 0.3) is 5.69 Å². The highest BCUT2D eigenvalue weighted by atomic mass is 16.6. The van der Waals surface area contributed by atoms with E-state index < -0.39 is 10.6 Å². The largest absolute Gasteiger partial charge is 0.347 e. The second kappa shape index (κ2) is 5.87. The van der Waals surface area contributed by atoms with Crippen molar-refractivity contribution in [3.05, 3.63) is 75.8 Å². The smallest absolute Gasteiger partial charge is 0.269 e. The van der Waals surface area contributed by atoms with Gasteiger partial charge in [0, 0.05) is 18.7 Å². The number of nitrogens with zero attached hydrogens (tertiary/aromatic N) is 1. The lowest BCUT2D eigenvalue weighted by Gasteiger charge is -2.28. The van der Waals surface area contributed by atoms with Gasteiger partial charge in [-0.05, 0) is 29.7 Å². The quantitative estimate of drug-likeness (QED) is 0.693. The number of benzene rings is 2. The number of nitro groups is 1. The fourth-order valence-electron chi connectivity index (χ4n) is 2.87. The van der Waals surface area contributed by atoms with Crippen molar-refractivity contribution in [3.63, 3.8) is 0 Å². The molecule has 0 aliphatic carbocycles. The van der Waals surface area contributed by atoms with E-state index in [2.05, 4.69) is 24.4 Å². The number of nitro benzene ring substituents is 1. The van der Waals surface area contributed by atoms with E-state index in [-0.39, 0.29) is 11.8 Å². The van der Waals surface area contributed by atoms with E-state index in [1.165, 1.54) is 12.1 Å². The van der Waals surface area contributed by atoms with E-state index in [0.29, 0.717) is 6.54 Å². The third-order valence-electron chi connectivity index (χ3n) is 4.13. The van der Waals surface area contributed by atoms with Crippen LogP contribution in [0.3, 0.4) is 0 Å². The summed E-state index contributed by atoms with van der Waals surface area (Å²) in [4.78, 5) is 10.3. The number of ether oxygens (including phenoxy) is 1. The molecule has 0 saturated carbocycles. The predicted octanol–water partition coefficient (Wildman–Crippen LogP) is 3.52. The van der Waals surface area contributed by atoms with Crippen molar-refractivity contribution in [2.75, 3.05) is 6.54 Å². The van der Waals surface area contributed by atoms with Crippen molar-refractivity contribution in [1.29, 1.82) is 0 Å². The molecule has 1 saturated heterocycles. The van der Waals surface area contributed by atoms with Gasteiger partial charge in [-0.25, -0.2) is 0 Å². The van der Waals surface area contributed by atoms with Gasteiger partial charge in [-0.3, -0.25) is 15.4 Å². The van der Waals surface area contributed by atoms with Crippen LogP contribution < -0.4 is 5.32 Å². The van der Waals surface area contributed by atoms with Crippen molar-refractivity contribution < 1.29 is 9.66 Å². The molecule has 22 heavy (non-hydrogen) atoms. The van der Waals surface area contributed by atoms with Gasteiger partial charge in [0.1, 0.15) is 5.72 Å². The standard InChI is InChI=1S/C17H18N2O3/c1-2-17(14-6-4-3-5-7-14)18-12-16(22-17)13-8-10-15(11-9-13)19(20)21/h3-11,16,18H,2,12H2,1H3/t16-,17-/m0/s1. The summed E-state index contributed by atoms with van der Waals surface area (Å²) in [6.45, 7) is 2.76. The zero-order chi connectivity index (χ0) is 15.6. The maximum Gasteiger partial charge on any atom is 0.269 e. The van der Waals surface area contributed by atoms with Crippen LogP contribution in [0.4, 0.5) is 5.69 Å². The lowest BCUT2D eigenvalue weighted by Crippen LogP contribution is -2.37. The Hall–Kier alpha value is -2.24. The van der Waals surface area contributed by atoms with E-state index >= 15 is 0 Å². The Labute approximate surface area is 129 Å². The molecule has 5 heteroatoms. The molecule has 2 atom stereocenters. The van der Waals surface area contributed by atoms with Gasteiger partial charge in [-0.1, -0.05) is 37.3 Å². The molecule has 1 aliphatic heterocycles. The van der Waals surface area contributed by atoms with Crippen LogP contribution in [-0.2, 0) is 10.5 Å². The van der Waals surface area contributed by atoms with Gasteiger partial charge in [-0.15, -0.1) is 0 Å². The molecule has 0 bridgehead atoms. The maximum atomic E-state index is 10.7. The van der Waals surface area contributed by atoms with Crippen molar-refractivity contribution in [2.24, 2.45) is 0 Å². The SMILES string of the molecule is CC[C@]1(c2ccccc2)NC[C@@H](c2ccc([N+](=O)[O-])cc2)O1. The van der Waals surface area contributed by atoms with Gasteiger partial charge in [0.05, 0.1) is 11.0 Å². The molecule has 114 valence electrons. The second-order valence-corrected chi connectivity index (χ2v) is 5.38. The number of hydrogen-bond acceptors (Lipinski definition) is 4. The maximum absolute atomic E-state index is 10.7. The number of nitrogens with one attached hydrogen (secondary N) is 1. The predicted molar refractivity (Wildman–Crippen MR) is 83.3 cm³/mol. The first-order valence-corrected chi connectivity index (χ1v) is 7.37. The zero-order valence-electron chi connectivity index (χ0n) is 12.4. The number of hydrogen-bond donors (Lipinski definition) is 1. The highest BCUT2D eigenvalue weighted by Crippen LogP contribution is 2.38. The average Bonchev–Trinajstić information content (AvgIpc) is 3.02. The van der Waals surface area contributed by atoms with Crippen molar-refractivity contribution >= 4 is 5.69 Å². The molecule has 0 radical (unpaired) electrons. The van der Waals surface area contributed by atoms with Crippen molar-refractivity contribution in [1.82, 2.24) is 5.32 Å². The first-order valence-electron chi connectivity index (χ1n) is 7.37. The van der Waals surface area contributed by atoms with Gasteiger partial charge in [-0.2, -0.15) is 0 Å². The van der Waals surface area contributed by atoms with Crippen LogP contribution in [0.2, 0.25) is 0 Å². The fourth-order valence-corrected chi connectivity index (χ4v) is 2.87. The van der Waals surface area contributed by atoms with E-state index in [0.717, 1.165) is 17.5 Å². The molecule has 5 nitrogen and oxygen atoms in total. The van der Waals surface area contributed by atoms with Crippen LogP contribution in [0.5, 0.6) is 0 Å². The third-order valence-corrected chi connectivity index (χ3v) is 4.13. The molecule has 1 aliphatic rings. The van der Waals surface area contributed by atoms with Crippen LogP contribution >= 0.6 is 0 Å². The summed E-state index contributed by atoms with van der Waals surface area (Å²) in [5, 5.41) is 14.2. The second-order valence-electron chi connectivity index (χ2n) is 5.38. The Bertz CT molecular complexity index is 657. The summed E-state index contributed by atoms with van der Waals surface area (Å²) < 4.78 is 6.29. The molecular formula is C17H18N2O3. The van der Waals surface area contributed by atoms with Crippen molar-refractivity contribution in [2.45, 2.75) is 25.2 Å². The molecule has 1 N–H and O–H groups in total. The number of non-ortho nitro benzene ring substituents is 1. The summed E-state index contributed by atoms with van der Waals surface area (Å²) in [5.41, 5.74) is 1.65. The number of rotatable bonds is 4. The van der Waals surface area contributed by atoms with Crippen LogP contribution in [0, 0.1) is 10.1 Å². The molecule has 2 aromatic carbocycles. The Balaban J connectivity index is 1.83. The van der Waals surface area contributed by atoms with Crippen LogP contribution in [-0.4, -0.2) is 11.5 Å². The average molecular weight is 298 g/mol. The Kier molecular flexibility index (Phi) is 3.92. The molecule has 0 amide bonds. The normalized spacial score (nSPS) is 24.3. The van der Waals surface area contributed by atoms with E-state index in [1.54, 1.807) is 12.1 Å². The molecule has 0 unspecified atom stereocenters. The minimum Gasteiger partial charge on any atom is -0.347 e. The molecule has 1 heterocycles. The van der Waals surface area contributed by atoms with Crippen molar-refractivity contribution in [3.8, 4) is 0 Å².